The Morgan fingerprint density at radius 2 is 1.36 bits per heavy atom. The molecular formula is C23H17F7O3. The molecule has 3 aromatic rings. The van der Waals surface area contributed by atoms with Gasteiger partial charge in [-0.3, -0.25) is 0 Å². The molecule has 1 N–H and O–H groups in total. The van der Waals surface area contributed by atoms with Gasteiger partial charge in [0.05, 0.1) is 5.56 Å². The van der Waals surface area contributed by atoms with Crippen LogP contribution in [0.2, 0.25) is 0 Å². The molecule has 0 atom stereocenters. The number of hydrogen-bond acceptors (Lipinski definition) is 3. The zero-order chi connectivity index (χ0) is 24.4. The number of halogens is 7. The predicted molar refractivity (Wildman–Crippen MR) is 105 cm³/mol. The van der Waals surface area contributed by atoms with Crippen molar-refractivity contribution in [2.75, 3.05) is 0 Å². The average Bonchev–Trinajstić information content (AvgIpc) is 2.69. The van der Waals surface area contributed by atoms with Crippen LogP contribution in [-0.4, -0.2) is 11.5 Å². The van der Waals surface area contributed by atoms with Gasteiger partial charge in [-0.1, -0.05) is 37.6 Å². The second-order valence-corrected chi connectivity index (χ2v) is 7.03. The Balaban J connectivity index is 1.95. The maximum atomic E-state index is 15.1. The molecule has 0 heterocycles. The molecule has 0 amide bonds. The van der Waals surface area contributed by atoms with Crippen LogP contribution >= 0.6 is 0 Å². The summed E-state index contributed by atoms with van der Waals surface area (Å²) in [6.45, 7) is 1.95. The van der Waals surface area contributed by atoms with Gasteiger partial charge in [-0.25, -0.2) is 8.78 Å². The Morgan fingerprint density at radius 3 is 1.88 bits per heavy atom. The highest BCUT2D eigenvalue weighted by Gasteiger charge is 2.43. The van der Waals surface area contributed by atoms with E-state index < -0.39 is 52.5 Å². The van der Waals surface area contributed by atoms with E-state index in [-0.39, 0.29) is 5.56 Å². The first-order chi connectivity index (χ1) is 15.4. The van der Waals surface area contributed by atoms with Crippen LogP contribution in [0.3, 0.4) is 0 Å². The largest absolute Gasteiger partial charge is 0.573 e. The van der Waals surface area contributed by atoms with Crippen molar-refractivity contribution < 1.29 is 45.3 Å². The third-order valence-corrected chi connectivity index (χ3v) is 4.57. The summed E-state index contributed by atoms with van der Waals surface area (Å²) in [5.74, 6) is -5.77. The number of phenolic OH excluding ortho intramolecular Hbond substituents is 1. The lowest BCUT2D eigenvalue weighted by atomic mass is 9.98. The number of alkyl halides is 5. The van der Waals surface area contributed by atoms with Gasteiger partial charge in [0.1, 0.15) is 28.6 Å². The quantitative estimate of drug-likeness (QED) is 0.365. The van der Waals surface area contributed by atoms with Gasteiger partial charge in [-0.15, -0.1) is 13.2 Å². The monoisotopic (exact) mass is 474 g/mol. The number of ether oxygens (including phenoxy) is 2. The van der Waals surface area contributed by atoms with Gasteiger partial charge < -0.3 is 14.6 Å². The molecule has 3 aromatic carbocycles. The summed E-state index contributed by atoms with van der Waals surface area (Å²) in [6, 6.07) is 9.24. The Bertz CT molecular complexity index is 1110. The number of hydrogen-bond donors (Lipinski definition) is 1. The molecule has 0 aliphatic rings. The van der Waals surface area contributed by atoms with Gasteiger partial charge in [-0.05, 0) is 41.8 Å². The van der Waals surface area contributed by atoms with Crippen LogP contribution in [0.25, 0.3) is 11.1 Å². The van der Waals surface area contributed by atoms with Crippen molar-refractivity contribution in [2.45, 2.75) is 32.2 Å². The number of benzene rings is 3. The van der Waals surface area contributed by atoms with Crippen LogP contribution in [0.1, 0.15) is 24.5 Å². The van der Waals surface area contributed by atoms with E-state index in [9.17, 15) is 31.4 Å². The first-order valence-electron chi connectivity index (χ1n) is 9.64. The Labute approximate surface area is 184 Å². The van der Waals surface area contributed by atoms with E-state index in [0.29, 0.717) is 18.2 Å². The van der Waals surface area contributed by atoms with Crippen LogP contribution in [-0.2, 0) is 12.5 Å². The van der Waals surface area contributed by atoms with Crippen molar-refractivity contribution in [1.29, 1.82) is 0 Å². The molecule has 0 bridgehead atoms. The minimum atomic E-state index is -4.99. The zero-order valence-corrected chi connectivity index (χ0v) is 17.0. The fraction of sp³-hybridized carbons (Fsp3) is 0.217. The first-order valence-corrected chi connectivity index (χ1v) is 9.64. The molecule has 10 heteroatoms. The smallest absolute Gasteiger partial charge is 0.507 e. The summed E-state index contributed by atoms with van der Waals surface area (Å²) < 4.78 is 104. The summed E-state index contributed by atoms with van der Waals surface area (Å²) in [6.07, 6.45) is -7.99. The van der Waals surface area contributed by atoms with Crippen LogP contribution < -0.4 is 9.47 Å². The number of rotatable bonds is 7. The van der Waals surface area contributed by atoms with Crippen LogP contribution in [0.15, 0.2) is 54.6 Å². The van der Waals surface area contributed by atoms with Crippen LogP contribution in [0, 0.1) is 11.6 Å². The van der Waals surface area contributed by atoms with Gasteiger partial charge >= 0.3 is 12.5 Å². The topological polar surface area (TPSA) is 38.7 Å². The Morgan fingerprint density at radius 1 is 0.818 bits per heavy atom. The van der Waals surface area contributed by atoms with E-state index in [1.165, 1.54) is 12.1 Å². The van der Waals surface area contributed by atoms with E-state index in [2.05, 4.69) is 9.47 Å². The van der Waals surface area contributed by atoms with Crippen molar-refractivity contribution >= 4 is 0 Å². The second kappa shape index (κ2) is 9.21. The van der Waals surface area contributed by atoms with Gasteiger partial charge in [0.15, 0.2) is 5.82 Å². The fourth-order valence-corrected chi connectivity index (χ4v) is 3.18. The number of phenols is 1. The summed E-state index contributed by atoms with van der Waals surface area (Å²) in [7, 11) is 0. The molecule has 0 saturated carbocycles. The lowest BCUT2D eigenvalue weighted by Crippen LogP contribution is -2.25. The lowest BCUT2D eigenvalue weighted by molar-refractivity contribution is -0.274. The third kappa shape index (κ3) is 5.68. The standard InChI is InChI=1S/C23H17F7O3/c1-2-3-13-4-6-14(7-5-13)19-18(31)12-17(24)20(21(19)25)22(26,27)32-15-8-10-16(11-9-15)33-23(28,29)30/h4-12,31H,2-3H2,1H3. The molecule has 0 aliphatic carbocycles. The average molecular weight is 474 g/mol. The molecule has 0 fully saturated rings. The maximum absolute atomic E-state index is 15.1. The summed E-state index contributed by atoms with van der Waals surface area (Å²) in [5, 5.41) is 10.0. The second-order valence-electron chi connectivity index (χ2n) is 7.03. The predicted octanol–water partition coefficient (Wildman–Crippen LogP) is 7.32. The van der Waals surface area contributed by atoms with Crippen molar-refractivity contribution in [3.05, 3.63) is 77.4 Å². The molecule has 0 saturated heterocycles. The van der Waals surface area contributed by atoms with Crippen molar-refractivity contribution in [3.63, 3.8) is 0 Å². The molecule has 0 radical (unpaired) electrons. The molecule has 0 spiro atoms. The van der Waals surface area contributed by atoms with Crippen LogP contribution in [0.4, 0.5) is 30.7 Å². The third-order valence-electron chi connectivity index (χ3n) is 4.57. The Kier molecular flexibility index (Phi) is 6.76. The van der Waals surface area contributed by atoms with E-state index in [1.54, 1.807) is 12.1 Å². The van der Waals surface area contributed by atoms with E-state index in [0.717, 1.165) is 30.5 Å². The number of aryl methyl sites for hydroxylation is 1. The van der Waals surface area contributed by atoms with Gasteiger partial charge in [0, 0.05) is 6.07 Å². The van der Waals surface area contributed by atoms with Crippen molar-refractivity contribution in [3.8, 4) is 28.4 Å². The minimum absolute atomic E-state index is 0.0376. The minimum Gasteiger partial charge on any atom is -0.507 e. The molecule has 3 rings (SSSR count). The first kappa shape index (κ1) is 24.2. The van der Waals surface area contributed by atoms with Crippen molar-refractivity contribution in [1.82, 2.24) is 0 Å². The summed E-state index contributed by atoms with van der Waals surface area (Å²) >= 11 is 0. The SMILES string of the molecule is CCCc1ccc(-c2c(O)cc(F)c(C(F)(F)Oc3ccc(OC(F)(F)F)cc3)c2F)cc1. The highest BCUT2D eigenvalue weighted by Crippen LogP contribution is 2.42. The van der Waals surface area contributed by atoms with Gasteiger partial charge in [-0.2, -0.15) is 8.78 Å². The molecule has 0 aliphatic heterocycles. The zero-order valence-electron chi connectivity index (χ0n) is 17.0. The molecule has 0 unspecified atom stereocenters. The van der Waals surface area contributed by atoms with Gasteiger partial charge in [0.2, 0.25) is 0 Å². The lowest BCUT2D eigenvalue weighted by Gasteiger charge is -2.21. The van der Waals surface area contributed by atoms with E-state index >= 15 is 4.39 Å². The molecule has 33 heavy (non-hydrogen) atoms. The van der Waals surface area contributed by atoms with Gasteiger partial charge in [0.25, 0.3) is 0 Å². The Hall–Kier alpha value is -3.43. The molecular weight excluding hydrogens is 457 g/mol. The highest BCUT2D eigenvalue weighted by molar-refractivity contribution is 5.72. The van der Waals surface area contributed by atoms with Crippen molar-refractivity contribution in [2.24, 2.45) is 0 Å². The summed E-state index contributed by atoms with van der Waals surface area (Å²) in [4.78, 5) is 0. The molecule has 176 valence electrons. The normalized spacial score (nSPS) is 12.0. The fourth-order valence-electron chi connectivity index (χ4n) is 3.18. The highest BCUT2D eigenvalue weighted by atomic mass is 19.4. The molecule has 0 aromatic heterocycles. The summed E-state index contributed by atoms with van der Waals surface area (Å²) in [5.41, 5.74) is -1.47. The molecule has 3 nitrogen and oxygen atoms in total. The van der Waals surface area contributed by atoms with E-state index in [4.69, 9.17) is 0 Å². The number of aromatic hydroxyl groups is 1. The van der Waals surface area contributed by atoms with Crippen LogP contribution in [0.5, 0.6) is 17.2 Å². The van der Waals surface area contributed by atoms with E-state index in [1.807, 2.05) is 6.92 Å². The maximum Gasteiger partial charge on any atom is 0.573 e.